The minimum absolute atomic E-state index is 0.0744. The van der Waals surface area contributed by atoms with E-state index < -0.39 is 0 Å². The van der Waals surface area contributed by atoms with E-state index in [-0.39, 0.29) is 5.60 Å². The van der Waals surface area contributed by atoms with Gasteiger partial charge in [-0.3, -0.25) is 0 Å². The van der Waals surface area contributed by atoms with E-state index in [2.05, 4.69) is 23.5 Å². The van der Waals surface area contributed by atoms with E-state index >= 15 is 0 Å². The number of methoxy groups -OCH3 is 1. The minimum atomic E-state index is 0.0744. The van der Waals surface area contributed by atoms with Gasteiger partial charge < -0.3 is 10.1 Å². The molecular formula is C15H22ClNO. The maximum atomic E-state index is 6.21. The van der Waals surface area contributed by atoms with E-state index in [1.165, 1.54) is 24.8 Å². The number of benzene rings is 1. The second-order valence-corrected chi connectivity index (χ2v) is 5.70. The summed E-state index contributed by atoms with van der Waals surface area (Å²) < 4.78 is 5.71. The predicted molar refractivity (Wildman–Crippen MR) is 76.2 cm³/mol. The fraction of sp³-hybridized carbons (Fsp3) is 0.600. The van der Waals surface area contributed by atoms with Crippen molar-refractivity contribution in [3.05, 3.63) is 34.3 Å². The summed E-state index contributed by atoms with van der Waals surface area (Å²) in [6.45, 7) is 2.03. The second-order valence-electron chi connectivity index (χ2n) is 5.29. The lowest BCUT2D eigenvalue weighted by atomic mass is 9.74. The fourth-order valence-corrected chi connectivity index (χ4v) is 2.84. The van der Waals surface area contributed by atoms with E-state index in [0.29, 0.717) is 6.04 Å². The van der Waals surface area contributed by atoms with Crippen LogP contribution in [0, 0.1) is 6.92 Å². The van der Waals surface area contributed by atoms with Crippen LogP contribution in [0.4, 0.5) is 0 Å². The van der Waals surface area contributed by atoms with Gasteiger partial charge in [-0.2, -0.15) is 0 Å². The van der Waals surface area contributed by atoms with Gasteiger partial charge in [-0.1, -0.05) is 23.7 Å². The molecule has 1 atom stereocenters. The number of aryl methyl sites for hydroxylation is 1. The van der Waals surface area contributed by atoms with Gasteiger partial charge in [0.05, 0.1) is 5.60 Å². The summed E-state index contributed by atoms with van der Waals surface area (Å²) >= 11 is 6.21. The molecule has 1 aliphatic carbocycles. The molecule has 2 nitrogen and oxygen atoms in total. The molecular weight excluding hydrogens is 246 g/mol. The lowest BCUT2D eigenvalue weighted by Crippen LogP contribution is -2.42. The number of ether oxygens (including phenoxy) is 1. The first-order valence-corrected chi connectivity index (χ1v) is 6.96. The molecule has 1 saturated carbocycles. The highest BCUT2D eigenvalue weighted by molar-refractivity contribution is 6.31. The lowest BCUT2D eigenvalue weighted by molar-refractivity contribution is -0.0834. The Morgan fingerprint density at radius 1 is 1.44 bits per heavy atom. The van der Waals surface area contributed by atoms with Crippen LogP contribution in [0.2, 0.25) is 5.02 Å². The maximum Gasteiger partial charge on any atom is 0.0697 e. The number of nitrogens with one attached hydrogen (secondary N) is 1. The summed E-state index contributed by atoms with van der Waals surface area (Å²) in [5, 5.41) is 4.23. The Labute approximate surface area is 115 Å². The Kier molecular flexibility index (Phi) is 4.31. The molecule has 1 aromatic rings. The molecule has 2 rings (SSSR count). The molecule has 3 heteroatoms. The second kappa shape index (κ2) is 5.60. The molecule has 1 unspecified atom stereocenters. The molecule has 100 valence electrons. The van der Waals surface area contributed by atoms with Crippen LogP contribution in [0.25, 0.3) is 0 Å². The average molecular weight is 268 g/mol. The molecule has 0 radical (unpaired) electrons. The average Bonchev–Trinajstić information content (AvgIpc) is 2.33. The van der Waals surface area contributed by atoms with Crippen molar-refractivity contribution in [2.24, 2.45) is 0 Å². The van der Waals surface area contributed by atoms with Gasteiger partial charge >= 0.3 is 0 Å². The van der Waals surface area contributed by atoms with Gasteiger partial charge in [-0.25, -0.2) is 0 Å². The van der Waals surface area contributed by atoms with Crippen LogP contribution in [-0.2, 0) is 4.74 Å². The Morgan fingerprint density at radius 3 is 2.61 bits per heavy atom. The van der Waals surface area contributed by atoms with Gasteiger partial charge in [0.2, 0.25) is 0 Å². The monoisotopic (exact) mass is 267 g/mol. The summed E-state index contributed by atoms with van der Waals surface area (Å²) in [6.07, 6.45) is 4.63. The normalized spacial score (nSPS) is 19.3. The summed E-state index contributed by atoms with van der Waals surface area (Å²) in [6, 6.07) is 6.62. The Balaban J connectivity index is 2.14. The van der Waals surface area contributed by atoms with Crippen molar-refractivity contribution in [3.8, 4) is 0 Å². The SMILES string of the molecule is CNC(CC1(OC)CCC1)c1ccc(C)c(Cl)c1. The zero-order chi connectivity index (χ0) is 13.2. The quantitative estimate of drug-likeness (QED) is 0.875. The van der Waals surface area contributed by atoms with Crippen molar-refractivity contribution in [1.82, 2.24) is 5.32 Å². The van der Waals surface area contributed by atoms with Crippen molar-refractivity contribution in [2.75, 3.05) is 14.2 Å². The number of hydrogen-bond acceptors (Lipinski definition) is 2. The lowest BCUT2D eigenvalue weighted by Gasteiger charge is -2.43. The van der Waals surface area contributed by atoms with Crippen LogP contribution in [0.5, 0.6) is 0 Å². The van der Waals surface area contributed by atoms with Crippen molar-refractivity contribution in [2.45, 2.75) is 44.2 Å². The van der Waals surface area contributed by atoms with E-state index in [1.807, 2.05) is 21.1 Å². The summed E-state index contributed by atoms with van der Waals surface area (Å²) in [4.78, 5) is 0. The van der Waals surface area contributed by atoms with Gasteiger partial charge in [0.1, 0.15) is 0 Å². The number of hydrogen-bond donors (Lipinski definition) is 1. The van der Waals surface area contributed by atoms with E-state index in [4.69, 9.17) is 16.3 Å². The molecule has 1 aliphatic rings. The summed E-state index contributed by atoms with van der Waals surface area (Å²) in [7, 11) is 3.83. The van der Waals surface area contributed by atoms with Gasteiger partial charge in [0.15, 0.2) is 0 Å². The topological polar surface area (TPSA) is 21.3 Å². The maximum absolute atomic E-state index is 6.21. The first-order chi connectivity index (χ1) is 8.60. The molecule has 0 spiro atoms. The third-order valence-corrected chi connectivity index (χ3v) is 4.63. The number of rotatable bonds is 5. The Hall–Kier alpha value is -0.570. The van der Waals surface area contributed by atoms with Crippen molar-refractivity contribution < 1.29 is 4.74 Å². The standard InChI is InChI=1S/C15H22ClNO/c1-11-5-6-12(9-13(11)16)14(17-2)10-15(18-3)7-4-8-15/h5-6,9,14,17H,4,7-8,10H2,1-3H3. The fourth-order valence-electron chi connectivity index (χ4n) is 2.65. The highest BCUT2D eigenvalue weighted by Gasteiger charge is 2.39. The molecule has 0 aliphatic heterocycles. The molecule has 0 aromatic heterocycles. The zero-order valence-corrected chi connectivity index (χ0v) is 12.2. The Morgan fingerprint density at radius 2 is 2.17 bits per heavy atom. The van der Waals surface area contributed by atoms with Gasteiger partial charge in [0, 0.05) is 18.2 Å². The van der Waals surface area contributed by atoms with E-state index in [1.54, 1.807) is 0 Å². The highest BCUT2D eigenvalue weighted by Crippen LogP contribution is 2.42. The minimum Gasteiger partial charge on any atom is -0.378 e. The molecule has 18 heavy (non-hydrogen) atoms. The molecule has 0 bridgehead atoms. The highest BCUT2D eigenvalue weighted by atomic mass is 35.5. The van der Waals surface area contributed by atoms with E-state index in [9.17, 15) is 0 Å². The van der Waals surface area contributed by atoms with Crippen LogP contribution in [0.1, 0.15) is 42.9 Å². The molecule has 0 saturated heterocycles. The Bertz CT molecular complexity index is 409. The molecule has 1 fully saturated rings. The van der Waals surface area contributed by atoms with Gasteiger partial charge in [-0.05, 0) is 56.8 Å². The molecule has 0 heterocycles. The summed E-state index contributed by atoms with van der Waals surface area (Å²) in [5.74, 6) is 0. The van der Waals surface area contributed by atoms with Crippen LogP contribution >= 0.6 is 11.6 Å². The van der Waals surface area contributed by atoms with Gasteiger partial charge in [-0.15, -0.1) is 0 Å². The third kappa shape index (κ3) is 2.71. The van der Waals surface area contributed by atoms with Crippen molar-refractivity contribution in [3.63, 3.8) is 0 Å². The zero-order valence-electron chi connectivity index (χ0n) is 11.4. The molecule has 0 amide bonds. The van der Waals surface area contributed by atoms with Crippen LogP contribution in [0.3, 0.4) is 0 Å². The first-order valence-electron chi connectivity index (χ1n) is 6.59. The van der Waals surface area contributed by atoms with Crippen molar-refractivity contribution in [1.29, 1.82) is 0 Å². The van der Waals surface area contributed by atoms with E-state index in [0.717, 1.165) is 17.0 Å². The molecule has 1 N–H and O–H groups in total. The van der Waals surface area contributed by atoms with Crippen LogP contribution in [-0.4, -0.2) is 19.8 Å². The largest absolute Gasteiger partial charge is 0.378 e. The van der Waals surface area contributed by atoms with Gasteiger partial charge in [0.25, 0.3) is 0 Å². The van der Waals surface area contributed by atoms with Crippen molar-refractivity contribution >= 4 is 11.6 Å². The molecule has 1 aromatic carbocycles. The summed E-state index contributed by atoms with van der Waals surface area (Å²) in [5.41, 5.74) is 2.45. The smallest absolute Gasteiger partial charge is 0.0697 e. The van der Waals surface area contributed by atoms with Crippen LogP contribution < -0.4 is 5.32 Å². The third-order valence-electron chi connectivity index (χ3n) is 4.22. The predicted octanol–water partition coefficient (Wildman–Crippen LogP) is 3.87. The number of halogens is 1. The first kappa shape index (κ1) is 13.9. The van der Waals surface area contributed by atoms with Crippen LogP contribution in [0.15, 0.2) is 18.2 Å².